The van der Waals surface area contributed by atoms with Crippen molar-refractivity contribution in [2.45, 2.75) is 82.3 Å². The fourth-order valence-electron chi connectivity index (χ4n) is 8.12. The average Bonchev–Trinajstić information content (AvgIpc) is 2.99. The van der Waals surface area contributed by atoms with E-state index >= 15 is 0 Å². The van der Waals surface area contributed by atoms with E-state index in [-0.39, 0.29) is 42.6 Å². The van der Waals surface area contributed by atoms with Crippen LogP contribution in [0.25, 0.3) is 0 Å². The number of hydrogen-bond donors (Lipinski definition) is 1. The minimum atomic E-state index is -4.60. The van der Waals surface area contributed by atoms with Crippen LogP contribution in [0.3, 0.4) is 0 Å². The van der Waals surface area contributed by atoms with Gasteiger partial charge in [-0.1, -0.05) is 6.07 Å². The monoisotopic (exact) mass is 631 g/mol. The van der Waals surface area contributed by atoms with E-state index in [0.29, 0.717) is 17.3 Å². The molecule has 0 radical (unpaired) electrons. The summed E-state index contributed by atoms with van der Waals surface area (Å²) in [5.41, 5.74) is -2.59. The molecule has 1 N–H and O–H groups in total. The largest absolute Gasteiger partial charge is 0.432 e. The van der Waals surface area contributed by atoms with Crippen LogP contribution >= 0.6 is 0 Å². The van der Waals surface area contributed by atoms with E-state index in [9.17, 15) is 31.1 Å². The van der Waals surface area contributed by atoms with Crippen molar-refractivity contribution in [3.63, 3.8) is 0 Å². The molecule has 1 atom stereocenters. The molecule has 1 aromatic carbocycles. The molecule has 0 saturated heterocycles. The number of anilines is 3. The molecule has 2 heterocycles. The molecular weight excluding hydrogens is 600 g/mol. The van der Waals surface area contributed by atoms with Crippen molar-refractivity contribution < 1.29 is 35.9 Å². The zero-order chi connectivity index (χ0) is 31.6. The first-order chi connectivity index (χ1) is 21.4. The molecule has 6 aliphatic carbocycles. The van der Waals surface area contributed by atoms with Gasteiger partial charge in [0, 0.05) is 17.6 Å². The lowest BCUT2D eigenvalue weighted by Gasteiger charge is -2.66. The molecule has 6 aliphatic rings. The normalized spacial score (nSPS) is 29.0. The lowest BCUT2D eigenvalue weighted by atomic mass is 9.41. The quantitative estimate of drug-likeness (QED) is 0.240. The highest BCUT2D eigenvalue weighted by Crippen LogP contribution is 2.71. The van der Waals surface area contributed by atoms with E-state index in [2.05, 4.69) is 25.0 Å². The van der Waals surface area contributed by atoms with Crippen LogP contribution in [0.2, 0.25) is 0 Å². The highest BCUT2D eigenvalue weighted by molar-refractivity contribution is 6.01. The summed E-state index contributed by atoms with van der Waals surface area (Å²) >= 11 is 0. The number of aromatic nitrogens is 3. The number of carbonyl (C=O) groups excluding carboxylic acids is 1. The van der Waals surface area contributed by atoms with Gasteiger partial charge in [-0.15, -0.1) is 0 Å². The van der Waals surface area contributed by atoms with Crippen molar-refractivity contribution in [1.29, 1.82) is 0 Å². The maximum absolute atomic E-state index is 14.8. The molecule has 1 unspecified atom stereocenters. The lowest BCUT2D eigenvalue weighted by molar-refractivity contribution is -0.212. The van der Waals surface area contributed by atoms with Gasteiger partial charge in [0.15, 0.2) is 5.75 Å². The third kappa shape index (κ3) is 5.37. The molecular formula is C32H31F6N5O2. The van der Waals surface area contributed by atoms with Gasteiger partial charge in [0.05, 0.1) is 35.1 Å². The third-order valence-corrected chi connectivity index (χ3v) is 10.3. The Bertz CT molecular complexity index is 1560. The van der Waals surface area contributed by atoms with Gasteiger partial charge in [-0.25, -0.2) is 14.4 Å². The molecule has 45 heavy (non-hydrogen) atoms. The predicted octanol–water partition coefficient (Wildman–Crippen LogP) is 8.17. The molecule has 7 nitrogen and oxygen atoms in total. The molecule has 3 aromatic rings. The summed E-state index contributed by atoms with van der Waals surface area (Å²) in [6.07, 6.45) is 3.95. The standard InChI is InChI=1S/C32H31F6N5O2/c33-27(34)45-23-14-40-28(41-15-23)42-21-2-1-3-22(13-21)43(26(44)30-16-31(35,17-30)18-30)25(29-8-4-19(5-9-29)6-10-29)24-12-20(7-11-39-24)32(36,37)38/h1-3,7,11-15,19,25,27H,4-6,8-10,16-18H2,(H,40,41,42). The van der Waals surface area contributed by atoms with Crippen molar-refractivity contribution >= 4 is 23.2 Å². The first-order valence-electron chi connectivity index (χ1n) is 15.1. The summed E-state index contributed by atoms with van der Waals surface area (Å²) in [7, 11) is 0. The number of pyridine rings is 1. The Morgan fingerprint density at radius 3 is 2.24 bits per heavy atom. The predicted molar refractivity (Wildman–Crippen MR) is 152 cm³/mol. The Morgan fingerprint density at radius 1 is 0.978 bits per heavy atom. The number of nitrogens with one attached hydrogen (secondary N) is 1. The van der Waals surface area contributed by atoms with Crippen molar-refractivity contribution in [2.75, 3.05) is 10.2 Å². The Kier molecular flexibility index (Phi) is 7.01. The SMILES string of the molecule is O=C(N(c1cccc(Nc2ncc(OC(F)F)cn2)c1)C(c1cc(C(F)(F)F)ccn1)C12CCC(CC1)CC2)C12CC(F)(C1)C2. The van der Waals surface area contributed by atoms with Crippen molar-refractivity contribution in [3.05, 3.63) is 66.2 Å². The van der Waals surface area contributed by atoms with Gasteiger partial charge in [-0.2, -0.15) is 22.0 Å². The Balaban J connectivity index is 1.31. The van der Waals surface area contributed by atoms with E-state index in [1.54, 1.807) is 29.2 Å². The van der Waals surface area contributed by atoms with Crippen molar-refractivity contribution in [3.8, 4) is 5.75 Å². The van der Waals surface area contributed by atoms with Crippen molar-refractivity contribution in [1.82, 2.24) is 15.0 Å². The Morgan fingerprint density at radius 2 is 1.64 bits per heavy atom. The molecule has 13 heteroatoms. The molecule has 238 valence electrons. The zero-order valence-corrected chi connectivity index (χ0v) is 24.2. The van der Waals surface area contributed by atoms with Crippen LogP contribution in [0.5, 0.6) is 5.75 Å². The van der Waals surface area contributed by atoms with Crippen LogP contribution in [-0.2, 0) is 11.0 Å². The molecule has 6 fully saturated rings. The highest BCUT2D eigenvalue weighted by Gasteiger charge is 2.74. The van der Waals surface area contributed by atoms with Gasteiger partial charge < -0.3 is 15.0 Å². The van der Waals surface area contributed by atoms with Crippen LogP contribution < -0.4 is 15.0 Å². The minimum absolute atomic E-state index is 0.0747. The summed E-state index contributed by atoms with van der Waals surface area (Å²) in [5, 5.41) is 2.99. The van der Waals surface area contributed by atoms with E-state index in [1.165, 1.54) is 0 Å². The topological polar surface area (TPSA) is 80.2 Å². The van der Waals surface area contributed by atoms with Crippen molar-refractivity contribution in [2.24, 2.45) is 16.7 Å². The number of fused-ring (bicyclic) bond motifs is 3. The number of amides is 1. The Hall–Kier alpha value is -3.90. The van der Waals surface area contributed by atoms with Gasteiger partial charge in [-0.05, 0) is 99.5 Å². The van der Waals surface area contributed by atoms with Crippen LogP contribution in [0.4, 0.5) is 43.7 Å². The first-order valence-corrected chi connectivity index (χ1v) is 15.1. The number of nitrogens with zero attached hydrogens (tertiary/aromatic N) is 4. The fourth-order valence-corrected chi connectivity index (χ4v) is 8.12. The summed E-state index contributed by atoms with van der Waals surface area (Å²) in [5.74, 6) is 0.101. The number of halogens is 6. The molecule has 1 amide bonds. The number of carbonyl (C=O) groups is 1. The number of benzene rings is 1. The Labute approximate surface area is 255 Å². The van der Waals surface area contributed by atoms with Crippen LogP contribution in [0.1, 0.15) is 75.1 Å². The maximum atomic E-state index is 14.8. The molecule has 4 bridgehead atoms. The van der Waals surface area contributed by atoms with E-state index in [4.69, 9.17) is 0 Å². The average molecular weight is 632 g/mol. The van der Waals surface area contributed by atoms with Gasteiger partial charge in [0.2, 0.25) is 11.9 Å². The molecule has 2 aromatic heterocycles. The van der Waals surface area contributed by atoms with Crippen LogP contribution in [0.15, 0.2) is 55.0 Å². The number of rotatable bonds is 9. The summed E-state index contributed by atoms with van der Waals surface area (Å²) < 4.78 is 86.1. The molecule has 9 rings (SSSR count). The lowest BCUT2D eigenvalue weighted by Crippen LogP contribution is -2.71. The van der Waals surface area contributed by atoms with E-state index < -0.39 is 40.9 Å². The first kappa shape index (κ1) is 29.8. The number of alkyl halides is 6. The number of hydrogen-bond acceptors (Lipinski definition) is 6. The second kappa shape index (κ2) is 10.6. The summed E-state index contributed by atoms with van der Waals surface area (Å²) in [6.45, 7) is -3.03. The molecule has 0 spiro atoms. The van der Waals surface area contributed by atoms with Crippen LogP contribution in [-0.4, -0.2) is 33.1 Å². The van der Waals surface area contributed by atoms with E-state index in [0.717, 1.165) is 69.2 Å². The number of ether oxygens (including phenoxy) is 1. The summed E-state index contributed by atoms with van der Waals surface area (Å²) in [6, 6.07) is 7.94. The second-order valence-corrected chi connectivity index (χ2v) is 13.1. The maximum Gasteiger partial charge on any atom is 0.416 e. The fraction of sp³-hybridized carbons (Fsp3) is 0.500. The molecule has 0 aliphatic heterocycles. The third-order valence-electron chi connectivity index (χ3n) is 10.3. The van der Waals surface area contributed by atoms with Gasteiger partial charge in [-0.3, -0.25) is 9.78 Å². The van der Waals surface area contributed by atoms with E-state index in [1.807, 2.05) is 0 Å². The zero-order valence-electron chi connectivity index (χ0n) is 24.2. The van der Waals surface area contributed by atoms with Crippen LogP contribution in [0, 0.1) is 16.7 Å². The minimum Gasteiger partial charge on any atom is -0.432 e. The molecule has 6 saturated carbocycles. The second-order valence-electron chi connectivity index (χ2n) is 13.1. The summed E-state index contributed by atoms with van der Waals surface area (Å²) in [4.78, 5) is 28.7. The highest BCUT2D eigenvalue weighted by atomic mass is 19.4. The smallest absolute Gasteiger partial charge is 0.416 e. The van der Waals surface area contributed by atoms with Gasteiger partial charge in [0.25, 0.3) is 0 Å². The van der Waals surface area contributed by atoms with Gasteiger partial charge >= 0.3 is 12.8 Å². The van der Waals surface area contributed by atoms with Gasteiger partial charge in [0.1, 0.15) is 5.67 Å².